The fraction of sp³-hybridized carbons (Fsp3) is 0.185. The Kier molecular flexibility index (Phi) is 8.93. The van der Waals surface area contributed by atoms with Gasteiger partial charge in [0.05, 0.1) is 21.3 Å². The van der Waals surface area contributed by atoms with Crippen LogP contribution in [0.15, 0.2) is 70.7 Å². The number of aromatic carboxylic acids is 1. The summed E-state index contributed by atoms with van der Waals surface area (Å²) in [4.78, 5) is 39.2. The Balaban J connectivity index is 1.46. The lowest BCUT2D eigenvalue weighted by Gasteiger charge is -2.15. The fourth-order valence-corrected chi connectivity index (χ4v) is 5.11. The zero-order valence-electron chi connectivity index (χ0n) is 20.3. The zero-order chi connectivity index (χ0) is 27.2. The first kappa shape index (κ1) is 27.5. The average Bonchev–Trinajstić information content (AvgIpc) is 3.15. The minimum Gasteiger partial charge on any atom is -0.478 e. The molecule has 38 heavy (non-hydrogen) atoms. The number of rotatable bonds is 9. The van der Waals surface area contributed by atoms with Crippen molar-refractivity contribution in [2.24, 2.45) is 5.10 Å². The summed E-state index contributed by atoms with van der Waals surface area (Å²) in [6, 6.07) is 16.6. The van der Waals surface area contributed by atoms with Gasteiger partial charge < -0.3 is 15.3 Å². The van der Waals surface area contributed by atoms with Crippen LogP contribution in [-0.4, -0.2) is 41.0 Å². The minimum absolute atomic E-state index is 0.157. The van der Waals surface area contributed by atoms with E-state index >= 15 is 0 Å². The number of carboxylic acid groups (broad SMARTS) is 1. The summed E-state index contributed by atoms with van der Waals surface area (Å²) in [6.07, 6.45) is 1.51. The number of benzene rings is 3. The Labute approximate surface area is 234 Å². The van der Waals surface area contributed by atoms with Crippen LogP contribution in [0.25, 0.3) is 0 Å². The van der Waals surface area contributed by atoms with E-state index in [1.807, 2.05) is 37.3 Å². The van der Waals surface area contributed by atoms with Gasteiger partial charge in [0.1, 0.15) is 0 Å². The monoisotopic (exact) mass is 570 g/mol. The molecule has 0 fully saturated rings. The molecule has 0 atom stereocenters. The molecule has 1 aliphatic heterocycles. The lowest BCUT2D eigenvalue weighted by atomic mass is 10.1. The molecule has 1 heterocycles. The second-order valence-corrected chi connectivity index (χ2v) is 10.4. The molecule has 1 aliphatic rings. The molecular weight excluding hydrogens is 547 g/mol. The number of thioether (sulfide) groups is 1. The number of nitrogens with zero attached hydrogens (tertiary/aromatic N) is 2. The molecule has 4 rings (SSSR count). The van der Waals surface area contributed by atoms with Crippen LogP contribution in [0.3, 0.4) is 0 Å². The summed E-state index contributed by atoms with van der Waals surface area (Å²) < 4.78 is 0. The van der Waals surface area contributed by atoms with Crippen molar-refractivity contribution >= 4 is 70.0 Å². The Hall–Kier alpha value is -3.53. The van der Waals surface area contributed by atoms with Crippen molar-refractivity contribution in [2.75, 3.05) is 22.5 Å². The first-order valence-corrected chi connectivity index (χ1v) is 13.5. The SMILES string of the molecule is CCCN1C(=O)/C(=N/NC(=O)Nc2ccc(Cl)c(Cl)c2)c2cc(SCCc3ccc(C(=O)O)cc3)ccc21. The smallest absolute Gasteiger partial charge is 0.339 e. The van der Waals surface area contributed by atoms with Gasteiger partial charge in [-0.2, -0.15) is 5.10 Å². The largest absolute Gasteiger partial charge is 0.478 e. The molecule has 0 bridgehead atoms. The van der Waals surface area contributed by atoms with Crippen LogP contribution < -0.4 is 15.6 Å². The minimum atomic E-state index is -0.949. The Morgan fingerprint density at radius 3 is 2.47 bits per heavy atom. The van der Waals surface area contributed by atoms with Crippen molar-refractivity contribution in [1.29, 1.82) is 0 Å². The van der Waals surface area contributed by atoms with Gasteiger partial charge in [0.15, 0.2) is 5.71 Å². The molecule has 11 heteroatoms. The van der Waals surface area contributed by atoms with Crippen molar-refractivity contribution in [2.45, 2.75) is 24.7 Å². The number of urea groups is 1. The highest BCUT2D eigenvalue weighted by molar-refractivity contribution is 7.99. The molecule has 196 valence electrons. The zero-order valence-corrected chi connectivity index (χ0v) is 22.7. The first-order valence-electron chi connectivity index (χ1n) is 11.8. The number of fused-ring (bicyclic) bond motifs is 1. The lowest BCUT2D eigenvalue weighted by molar-refractivity contribution is -0.112. The number of carbonyl (C=O) groups is 3. The summed E-state index contributed by atoms with van der Waals surface area (Å²) in [5.74, 6) is -0.471. The van der Waals surface area contributed by atoms with Crippen molar-refractivity contribution in [3.63, 3.8) is 0 Å². The molecule has 0 radical (unpaired) electrons. The molecule has 0 unspecified atom stereocenters. The highest BCUT2D eigenvalue weighted by Crippen LogP contribution is 2.33. The summed E-state index contributed by atoms with van der Waals surface area (Å²) >= 11 is 13.5. The van der Waals surface area contributed by atoms with E-state index in [4.69, 9.17) is 28.3 Å². The predicted octanol–water partition coefficient (Wildman–Crippen LogP) is 6.31. The molecule has 0 aromatic heterocycles. The van der Waals surface area contributed by atoms with Gasteiger partial charge in [-0.15, -0.1) is 11.8 Å². The summed E-state index contributed by atoms with van der Waals surface area (Å²) in [5, 5.41) is 16.5. The molecular formula is C27H24Cl2N4O4S. The Morgan fingerprint density at radius 2 is 1.79 bits per heavy atom. The van der Waals surface area contributed by atoms with Crippen LogP contribution in [0.5, 0.6) is 0 Å². The third-order valence-electron chi connectivity index (χ3n) is 5.72. The van der Waals surface area contributed by atoms with Crippen LogP contribution >= 0.6 is 35.0 Å². The van der Waals surface area contributed by atoms with E-state index in [9.17, 15) is 14.4 Å². The first-order chi connectivity index (χ1) is 18.3. The van der Waals surface area contributed by atoms with Gasteiger partial charge in [-0.05, 0) is 66.9 Å². The van der Waals surface area contributed by atoms with Gasteiger partial charge in [0.25, 0.3) is 5.91 Å². The predicted molar refractivity (Wildman–Crippen MR) is 152 cm³/mol. The van der Waals surface area contributed by atoms with E-state index in [-0.39, 0.29) is 17.2 Å². The number of carboxylic acids is 1. The van der Waals surface area contributed by atoms with Crippen molar-refractivity contribution < 1.29 is 19.5 Å². The Morgan fingerprint density at radius 1 is 1.03 bits per heavy atom. The van der Waals surface area contributed by atoms with Crippen LogP contribution in [0, 0.1) is 0 Å². The third kappa shape index (κ3) is 6.48. The van der Waals surface area contributed by atoms with Gasteiger partial charge >= 0.3 is 12.0 Å². The normalized spacial score (nSPS) is 13.5. The number of hydrogen-bond acceptors (Lipinski definition) is 5. The third-order valence-corrected chi connectivity index (χ3v) is 7.45. The van der Waals surface area contributed by atoms with E-state index in [0.717, 1.165) is 34.7 Å². The van der Waals surface area contributed by atoms with Crippen LogP contribution in [0.2, 0.25) is 10.0 Å². The highest BCUT2D eigenvalue weighted by Gasteiger charge is 2.34. The molecule has 3 amide bonds. The molecule has 3 N–H and O–H groups in total. The summed E-state index contributed by atoms with van der Waals surface area (Å²) in [5.41, 5.74) is 5.68. The topological polar surface area (TPSA) is 111 Å². The lowest BCUT2D eigenvalue weighted by Crippen LogP contribution is -2.33. The Bertz CT molecular complexity index is 1410. The van der Waals surface area contributed by atoms with Gasteiger partial charge in [-0.25, -0.2) is 15.0 Å². The van der Waals surface area contributed by atoms with Crippen LogP contribution in [0.1, 0.15) is 34.8 Å². The summed E-state index contributed by atoms with van der Waals surface area (Å²) in [6.45, 7) is 2.51. The number of halogens is 2. The van der Waals surface area contributed by atoms with Crippen molar-refractivity contribution in [3.8, 4) is 0 Å². The number of hydrogen-bond donors (Lipinski definition) is 3. The van der Waals surface area contributed by atoms with E-state index in [2.05, 4.69) is 15.8 Å². The molecule has 3 aromatic carbocycles. The van der Waals surface area contributed by atoms with Gasteiger partial charge in [0.2, 0.25) is 0 Å². The average molecular weight is 571 g/mol. The number of anilines is 2. The second-order valence-electron chi connectivity index (χ2n) is 8.39. The molecule has 3 aromatic rings. The van der Waals surface area contributed by atoms with Gasteiger partial charge in [-0.1, -0.05) is 42.3 Å². The van der Waals surface area contributed by atoms with Crippen molar-refractivity contribution in [1.82, 2.24) is 5.43 Å². The number of hydrazone groups is 1. The van der Waals surface area contributed by atoms with Crippen LogP contribution in [0.4, 0.5) is 16.2 Å². The molecule has 0 saturated heterocycles. The van der Waals surface area contributed by atoms with E-state index in [1.165, 1.54) is 6.07 Å². The summed E-state index contributed by atoms with van der Waals surface area (Å²) in [7, 11) is 0. The van der Waals surface area contributed by atoms with E-state index < -0.39 is 12.0 Å². The van der Waals surface area contributed by atoms with E-state index in [1.54, 1.807) is 40.9 Å². The number of carbonyl (C=O) groups excluding carboxylic acids is 2. The second kappa shape index (κ2) is 12.3. The standard InChI is InChI=1S/C27H24Cl2N4O4S/c1-2-12-33-23-10-8-19(38-13-11-16-3-5-17(6-4-16)26(35)36)15-20(23)24(25(33)34)31-32-27(37)30-18-7-9-21(28)22(29)14-18/h3-10,14-15H,2,11-13H2,1H3,(H,35,36)(H2,30,32,37)/b31-24+. The maximum absolute atomic E-state index is 13.1. The quantitative estimate of drug-likeness (QED) is 0.206. The van der Waals surface area contributed by atoms with E-state index in [0.29, 0.717) is 27.8 Å². The van der Waals surface area contributed by atoms with Crippen LogP contribution in [-0.2, 0) is 11.2 Å². The highest BCUT2D eigenvalue weighted by atomic mass is 35.5. The fourth-order valence-electron chi connectivity index (χ4n) is 3.88. The number of aryl methyl sites for hydroxylation is 1. The number of nitrogens with one attached hydrogen (secondary N) is 2. The molecule has 0 saturated carbocycles. The van der Waals surface area contributed by atoms with Gasteiger partial charge in [0, 0.05) is 28.4 Å². The van der Waals surface area contributed by atoms with Gasteiger partial charge in [-0.3, -0.25) is 4.79 Å². The maximum atomic E-state index is 13.1. The maximum Gasteiger partial charge on any atom is 0.339 e. The van der Waals surface area contributed by atoms with Crippen molar-refractivity contribution in [3.05, 3.63) is 87.4 Å². The molecule has 8 nitrogen and oxygen atoms in total. The molecule has 0 spiro atoms. The molecule has 0 aliphatic carbocycles. The number of amides is 3.